The van der Waals surface area contributed by atoms with E-state index >= 15 is 0 Å². The second kappa shape index (κ2) is 7.66. The summed E-state index contributed by atoms with van der Waals surface area (Å²) < 4.78 is 0. The SMILES string of the molecule is C=CC(C)c1cc(C)c2c(c1O)C(N(C)C(=O)c1cccnc1)C1CCCCC21. The van der Waals surface area contributed by atoms with Gasteiger partial charge in [0, 0.05) is 36.5 Å². The van der Waals surface area contributed by atoms with Crippen molar-refractivity contribution in [3.8, 4) is 5.75 Å². The van der Waals surface area contributed by atoms with Gasteiger partial charge in [-0.05, 0) is 54.9 Å². The average molecular weight is 391 g/mol. The lowest BCUT2D eigenvalue weighted by Crippen LogP contribution is -2.35. The van der Waals surface area contributed by atoms with E-state index < -0.39 is 0 Å². The van der Waals surface area contributed by atoms with Crippen LogP contribution in [-0.4, -0.2) is 27.9 Å². The lowest BCUT2D eigenvalue weighted by molar-refractivity contribution is 0.0646. The van der Waals surface area contributed by atoms with E-state index in [2.05, 4.69) is 31.5 Å². The Kier molecular flexibility index (Phi) is 5.20. The highest BCUT2D eigenvalue weighted by Crippen LogP contribution is 2.58. The molecule has 4 atom stereocenters. The Morgan fingerprint density at radius 2 is 2.10 bits per heavy atom. The van der Waals surface area contributed by atoms with Crippen molar-refractivity contribution in [3.63, 3.8) is 0 Å². The van der Waals surface area contributed by atoms with E-state index in [0.29, 0.717) is 23.1 Å². The zero-order chi connectivity index (χ0) is 20.7. The molecule has 0 saturated heterocycles. The number of pyridine rings is 1. The van der Waals surface area contributed by atoms with Crippen LogP contribution in [0.25, 0.3) is 0 Å². The molecular weight excluding hydrogens is 360 g/mol. The lowest BCUT2D eigenvalue weighted by atomic mass is 9.77. The maximum atomic E-state index is 13.3. The van der Waals surface area contributed by atoms with Gasteiger partial charge >= 0.3 is 0 Å². The molecule has 4 heteroatoms. The molecule has 2 aliphatic rings. The molecule has 1 amide bonds. The molecule has 1 aromatic carbocycles. The predicted octanol–water partition coefficient (Wildman–Crippen LogP) is 5.49. The van der Waals surface area contributed by atoms with Gasteiger partial charge < -0.3 is 10.0 Å². The first-order chi connectivity index (χ1) is 14.0. The zero-order valence-corrected chi connectivity index (χ0v) is 17.6. The van der Waals surface area contributed by atoms with E-state index in [9.17, 15) is 9.90 Å². The molecule has 152 valence electrons. The first kappa shape index (κ1) is 19.7. The number of phenolic OH excluding ortho intramolecular Hbond substituents is 1. The minimum Gasteiger partial charge on any atom is -0.507 e. The van der Waals surface area contributed by atoms with Crippen LogP contribution in [0.5, 0.6) is 5.75 Å². The highest BCUT2D eigenvalue weighted by Gasteiger charge is 2.47. The number of phenols is 1. The molecule has 1 aromatic heterocycles. The van der Waals surface area contributed by atoms with E-state index in [1.54, 1.807) is 24.5 Å². The quantitative estimate of drug-likeness (QED) is 0.703. The Bertz CT molecular complexity index is 938. The summed E-state index contributed by atoms with van der Waals surface area (Å²) in [6.45, 7) is 8.11. The summed E-state index contributed by atoms with van der Waals surface area (Å²) in [5.41, 5.74) is 4.95. The summed E-state index contributed by atoms with van der Waals surface area (Å²) in [5.74, 6) is 1.12. The number of aromatic hydroxyl groups is 1. The topological polar surface area (TPSA) is 53.4 Å². The van der Waals surface area contributed by atoms with Gasteiger partial charge in [-0.3, -0.25) is 9.78 Å². The third-order valence-corrected chi connectivity index (χ3v) is 7.00. The van der Waals surface area contributed by atoms with Crippen molar-refractivity contribution in [2.45, 2.75) is 57.4 Å². The van der Waals surface area contributed by atoms with E-state index in [1.807, 2.05) is 18.0 Å². The number of amides is 1. The van der Waals surface area contributed by atoms with E-state index in [-0.39, 0.29) is 17.9 Å². The van der Waals surface area contributed by atoms with Crippen LogP contribution in [-0.2, 0) is 0 Å². The second-order valence-electron chi connectivity index (χ2n) is 8.64. The van der Waals surface area contributed by atoms with Crippen LogP contribution < -0.4 is 0 Å². The third kappa shape index (κ3) is 3.15. The molecule has 4 nitrogen and oxygen atoms in total. The number of carbonyl (C=O) groups is 1. The van der Waals surface area contributed by atoms with Gasteiger partial charge in [0.2, 0.25) is 0 Å². The first-order valence-electron chi connectivity index (χ1n) is 10.6. The first-order valence-corrected chi connectivity index (χ1v) is 10.6. The zero-order valence-electron chi connectivity index (χ0n) is 17.6. The number of benzene rings is 1. The summed E-state index contributed by atoms with van der Waals surface area (Å²) in [5, 5.41) is 11.4. The van der Waals surface area contributed by atoms with Gasteiger partial charge in [-0.2, -0.15) is 0 Å². The number of hydrogen-bond acceptors (Lipinski definition) is 3. The Hall–Kier alpha value is -2.62. The van der Waals surface area contributed by atoms with E-state index in [4.69, 9.17) is 0 Å². The second-order valence-corrected chi connectivity index (χ2v) is 8.64. The Labute approximate surface area is 173 Å². The number of allylic oxidation sites excluding steroid dienone is 1. The Morgan fingerprint density at radius 1 is 1.34 bits per heavy atom. The van der Waals surface area contributed by atoms with Gasteiger partial charge in [0.15, 0.2) is 0 Å². The van der Waals surface area contributed by atoms with Gasteiger partial charge in [0.25, 0.3) is 5.91 Å². The molecule has 4 rings (SSSR count). The van der Waals surface area contributed by atoms with Crippen molar-refractivity contribution in [1.82, 2.24) is 9.88 Å². The fourth-order valence-corrected chi connectivity index (χ4v) is 5.55. The summed E-state index contributed by atoms with van der Waals surface area (Å²) in [6.07, 6.45) is 9.75. The number of nitrogens with zero attached hydrogens (tertiary/aromatic N) is 2. The number of rotatable bonds is 4. The van der Waals surface area contributed by atoms with Crippen molar-refractivity contribution in [2.24, 2.45) is 5.92 Å². The molecular formula is C25H30N2O2. The highest BCUT2D eigenvalue weighted by molar-refractivity contribution is 5.94. The van der Waals surface area contributed by atoms with Gasteiger partial charge in [-0.1, -0.05) is 31.9 Å². The molecule has 1 heterocycles. The monoisotopic (exact) mass is 390 g/mol. The van der Waals surface area contributed by atoms with Crippen LogP contribution in [0, 0.1) is 12.8 Å². The van der Waals surface area contributed by atoms with Crippen LogP contribution in [0.4, 0.5) is 0 Å². The molecule has 2 aromatic rings. The van der Waals surface area contributed by atoms with E-state index in [1.165, 1.54) is 24.0 Å². The van der Waals surface area contributed by atoms with Crippen LogP contribution in [0.15, 0.2) is 43.2 Å². The standard InChI is InChI=1S/C25H30N2O2/c1-5-15(2)20-13-16(3)21-18-10-6-7-11-19(18)23(22(21)24(20)28)27(4)25(29)17-9-8-12-26-14-17/h5,8-9,12-15,18-19,23,28H,1,6-7,10-11H2,2-4H3. The average Bonchev–Trinajstić information content (AvgIpc) is 3.11. The number of hydrogen-bond donors (Lipinski definition) is 1. The maximum absolute atomic E-state index is 13.3. The van der Waals surface area contributed by atoms with Crippen molar-refractivity contribution in [2.75, 3.05) is 7.05 Å². The Balaban J connectivity index is 1.85. The van der Waals surface area contributed by atoms with Crippen LogP contribution in [0.2, 0.25) is 0 Å². The van der Waals surface area contributed by atoms with Crippen LogP contribution in [0.1, 0.15) is 83.1 Å². The summed E-state index contributed by atoms with van der Waals surface area (Å²) in [6, 6.07) is 5.61. The molecule has 0 bridgehead atoms. The fourth-order valence-electron chi connectivity index (χ4n) is 5.55. The normalized spacial score (nSPS) is 23.8. The van der Waals surface area contributed by atoms with Gasteiger partial charge in [0.05, 0.1) is 11.6 Å². The molecule has 4 unspecified atom stereocenters. The third-order valence-electron chi connectivity index (χ3n) is 7.00. The number of aromatic nitrogens is 1. The lowest BCUT2D eigenvalue weighted by Gasteiger charge is -2.35. The number of fused-ring (bicyclic) bond motifs is 3. The molecule has 2 aliphatic carbocycles. The largest absolute Gasteiger partial charge is 0.507 e. The molecule has 0 spiro atoms. The van der Waals surface area contributed by atoms with Crippen LogP contribution in [0.3, 0.4) is 0 Å². The van der Waals surface area contributed by atoms with Crippen molar-refractivity contribution >= 4 is 5.91 Å². The summed E-state index contributed by atoms with van der Waals surface area (Å²) in [4.78, 5) is 19.2. The van der Waals surface area contributed by atoms with Gasteiger partial charge in [-0.25, -0.2) is 0 Å². The summed E-state index contributed by atoms with van der Waals surface area (Å²) >= 11 is 0. The Morgan fingerprint density at radius 3 is 2.79 bits per heavy atom. The smallest absolute Gasteiger partial charge is 0.255 e. The summed E-state index contributed by atoms with van der Waals surface area (Å²) in [7, 11) is 1.87. The van der Waals surface area contributed by atoms with E-state index in [0.717, 1.165) is 24.0 Å². The molecule has 29 heavy (non-hydrogen) atoms. The fraction of sp³-hybridized carbons (Fsp3) is 0.440. The van der Waals surface area contributed by atoms with Gasteiger partial charge in [0.1, 0.15) is 5.75 Å². The minimum absolute atomic E-state index is 0.0421. The van der Waals surface area contributed by atoms with Crippen molar-refractivity contribution in [1.29, 1.82) is 0 Å². The highest BCUT2D eigenvalue weighted by atomic mass is 16.3. The molecule has 0 radical (unpaired) electrons. The van der Waals surface area contributed by atoms with Crippen molar-refractivity contribution < 1.29 is 9.90 Å². The number of carbonyl (C=O) groups excluding carboxylic acids is 1. The van der Waals surface area contributed by atoms with Crippen LogP contribution >= 0.6 is 0 Å². The van der Waals surface area contributed by atoms with Crippen molar-refractivity contribution in [3.05, 3.63) is 71.1 Å². The number of aryl methyl sites for hydroxylation is 1. The molecule has 0 aliphatic heterocycles. The maximum Gasteiger partial charge on any atom is 0.255 e. The molecule has 1 N–H and O–H groups in total. The molecule has 1 fully saturated rings. The van der Waals surface area contributed by atoms with Gasteiger partial charge in [-0.15, -0.1) is 6.58 Å². The predicted molar refractivity (Wildman–Crippen MR) is 115 cm³/mol. The minimum atomic E-state index is -0.112. The molecule has 1 saturated carbocycles.